The first kappa shape index (κ1) is 8.13. The second-order valence-corrected chi connectivity index (χ2v) is 3.02. The number of ether oxygens (including phenoxy) is 1. The summed E-state index contributed by atoms with van der Waals surface area (Å²) in [6, 6.07) is 0. The first-order valence-electron chi connectivity index (χ1n) is 3.18. The lowest BCUT2D eigenvalue weighted by Crippen LogP contribution is -2.09. The molecule has 5 heteroatoms. The highest BCUT2D eigenvalue weighted by Gasteiger charge is 2.10. The van der Waals surface area contributed by atoms with Crippen LogP contribution in [0.15, 0.2) is 6.20 Å². The molecular weight excluding hydrogens is 164 g/mol. The van der Waals surface area contributed by atoms with Crippen molar-refractivity contribution in [2.24, 2.45) is 0 Å². The smallest absolute Gasteiger partial charge is 0.351 e. The molecule has 1 aromatic rings. The number of hydrogen-bond donors (Lipinski definition) is 0. The molecule has 11 heavy (non-hydrogen) atoms. The van der Waals surface area contributed by atoms with E-state index >= 15 is 0 Å². The highest BCUT2D eigenvalue weighted by molar-refractivity contribution is 7.07. The van der Waals surface area contributed by atoms with Crippen molar-refractivity contribution >= 4 is 17.5 Å². The molecule has 0 radical (unpaired) electrons. The maximum Gasteiger partial charge on any atom is 0.351 e. The van der Waals surface area contributed by atoms with Crippen LogP contribution in [0.25, 0.3) is 0 Å². The molecule has 0 aromatic carbocycles. The molecule has 0 amide bonds. The third kappa shape index (κ3) is 2.27. The zero-order valence-corrected chi connectivity index (χ0v) is 7.09. The molecule has 1 aromatic heterocycles. The highest BCUT2D eigenvalue weighted by Crippen LogP contribution is 2.05. The van der Waals surface area contributed by atoms with Crippen molar-refractivity contribution in [3.8, 4) is 0 Å². The maximum atomic E-state index is 11.0. The van der Waals surface area contributed by atoms with Gasteiger partial charge >= 0.3 is 5.97 Å². The van der Waals surface area contributed by atoms with Gasteiger partial charge < -0.3 is 4.74 Å². The van der Waals surface area contributed by atoms with Crippen LogP contribution >= 0.6 is 11.5 Å². The van der Waals surface area contributed by atoms with Gasteiger partial charge in [-0.05, 0) is 25.4 Å². The summed E-state index contributed by atoms with van der Waals surface area (Å²) in [7, 11) is 0. The van der Waals surface area contributed by atoms with E-state index in [-0.39, 0.29) is 12.1 Å². The summed E-state index contributed by atoms with van der Waals surface area (Å²) >= 11 is 1.04. The van der Waals surface area contributed by atoms with Crippen molar-refractivity contribution in [2.75, 3.05) is 0 Å². The van der Waals surface area contributed by atoms with Crippen LogP contribution in [0.4, 0.5) is 0 Å². The van der Waals surface area contributed by atoms with Crippen LogP contribution in [0.2, 0.25) is 0 Å². The fourth-order valence-corrected chi connectivity index (χ4v) is 0.928. The standard InChI is InChI=1S/C6H8N2O2S/c1-4(2)10-6(9)5-3-7-8-11-5/h3-4H,1-2H3. The van der Waals surface area contributed by atoms with Crippen molar-refractivity contribution < 1.29 is 9.53 Å². The van der Waals surface area contributed by atoms with E-state index in [4.69, 9.17) is 4.74 Å². The number of esters is 1. The van der Waals surface area contributed by atoms with Gasteiger partial charge in [-0.2, -0.15) is 0 Å². The van der Waals surface area contributed by atoms with Gasteiger partial charge in [0, 0.05) is 0 Å². The van der Waals surface area contributed by atoms with Gasteiger partial charge in [0.1, 0.15) is 0 Å². The van der Waals surface area contributed by atoms with Crippen LogP contribution in [-0.4, -0.2) is 21.7 Å². The summed E-state index contributed by atoms with van der Waals surface area (Å²) in [6.07, 6.45) is 1.31. The van der Waals surface area contributed by atoms with Crippen LogP contribution in [0.3, 0.4) is 0 Å². The van der Waals surface area contributed by atoms with E-state index in [9.17, 15) is 4.79 Å². The first-order chi connectivity index (χ1) is 5.20. The fraction of sp³-hybridized carbons (Fsp3) is 0.500. The van der Waals surface area contributed by atoms with Gasteiger partial charge in [0.15, 0.2) is 4.88 Å². The molecule has 0 spiro atoms. The minimum atomic E-state index is -0.352. The molecular formula is C6H8N2O2S. The van der Waals surface area contributed by atoms with Crippen LogP contribution in [-0.2, 0) is 4.74 Å². The SMILES string of the molecule is CC(C)OC(=O)c1cnns1. The van der Waals surface area contributed by atoms with Crippen LogP contribution in [0.5, 0.6) is 0 Å². The average Bonchev–Trinajstić information content (AvgIpc) is 2.35. The van der Waals surface area contributed by atoms with Gasteiger partial charge in [-0.1, -0.05) is 4.49 Å². The molecule has 0 aliphatic heterocycles. The topological polar surface area (TPSA) is 52.1 Å². The van der Waals surface area contributed by atoms with E-state index < -0.39 is 0 Å². The summed E-state index contributed by atoms with van der Waals surface area (Å²) in [5.41, 5.74) is 0. The van der Waals surface area contributed by atoms with Crippen LogP contribution < -0.4 is 0 Å². The van der Waals surface area contributed by atoms with E-state index in [0.29, 0.717) is 4.88 Å². The lowest BCUT2D eigenvalue weighted by atomic mass is 10.5. The van der Waals surface area contributed by atoms with E-state index in [2.05, 4.69) is 9.59 Å². The average molecular weight is 172 g/mol. The predicted molar refractivity (Wildman–Crippen MR) is 40.5 cm³/mol. The Morgan fingerprint density at radius 2 is 2.45 bits per heavy atom. The van der Waals surface area contributed by atoms with Crippen molar-refractivity contribution in [2.45, 2.75) is 20.0 Å². The zero-order chi connectivity index (χ0) is 8.27. The van der Waals surface area contributed by atoms with Gasteiger partial charge in [-0.15, -0.1) is 5.10 Å². The quantitative estimate of drug-likeness (QED) is 0.627. The first-order valence-corrected chi connectivity index (χ1v) is 3.96. The third-order valence-electron chi connectivity index (χ3n) is 0.905. The molecule has 0 N–H and O–H groups in total. The van der Waals surface area contributed by atoms with E-state index in [1.807, 2.05) is 0 Å². The summed E-state index contributed by atoms with van der Waals surface area (Å²) < 4.78 is 8.43. The van der Waals surface area contributed by atoms with Gasteiger partial charge in [0.05, 0.1) is 12.3 Å². The molecule has 0 bridgehead atoms. The highest BCUT2D eigenvalue weighted by atomic mass is 32.1. The Labute approximate surface area is 68.4 Å². The molecule has 60 valence electrons. The molecule has 0 saturated carbocycles. The summed E-state index contributed by atoms with van der Waals surface area (Å²) in [5.74, 6) is -0.352. The number of rotatable bonds is 2. The zero-order valence-electron chi connectivity index (χ0n) is 6.27. The summed E-state index contributed by atoms with van der Waals surface area (Å²) in [5, 5.41) is 3.52. The Morgan fingerprint density at radius 1 is 1.73 bits per heavy atom. The van der Waals surface area contributed by atoms with Crippen LogP contribution in [0.1, 0.15) is 23.5 Å². The molecule has 0 unspecified atom stereocenters. The Hall–Kier alpha value is -0.970. The lowest BCUT2D eigenvalue weighted by molar-refractivity contribution is 0.0383. The maximum absolute atomic E-state index is 11.0. The van der Waals surface area contributed by atoms with Crippen LogP contribution in [0, 0.1) is 0 Å². The molecule has 0 saturated heterocycles. The van der Waals surface area contributed by atoms with E-state index in [1.54, 1.807) is 13.8 Å². The predicted octanol–water partition coefficient (Wildman–Crippen LogP) is 1.10. The Morgan fingerprint density at radius 3 is 2.91 bits per heavy atom. The monoisotopic (exact) mass is 172 g/mol. The second-order valence-electron chi connectivity index (χ2n) is 2.24. The van der Waals surface area contributed by atoms with Gasteiger partial charge in [-0.3, -0.25) is 0 Å². The van der Waals surface area contributed by atoms with Crippen molar-refractivity contribution in [1.29, 1.82) is 0 Å². The van der Waals surface area contributed by atoms with Crippen molar-refractivity contribution in [1.82, 2.24) is 9.59 Å². The molecule has 0 atom stereocenters. The van der Waals surface area contributed by atoms with E-state index in [1.165, 1.54) is 6.20 Å². The second kappa shape index (κ2) is 3.43. The molecule has 1 heterocycles. The van der Waals surface area contributed by atoms with Crippen molar-refractivity contribution in [3.63, 3.8) is 0 Å². The van der Waals surface area contributed by atoms with Gasteiger partial charge in [0.2, 0.25) is 0 Å². The number of nitrogens with zero attached hydrogens (tertiary/aromatic N) is 2. The number of carbonyl (C=O) groups is 1. The number of carbonyl (C=O) groups excluding carboxylic acids is 1. The third-order valence-corrected chi connectivity index (χ3v) is 1.55. The minimum absolute atomic E-state index is 0.0930. The minimum Gasteiger partial charge on any atom is -0.459 e. The normalized spacial score (nSPS) is 10.1. The molecule has 0 aliphatic carbocycles. The van der Waals surface area contributed by atoms with Gasteiger partial charge in [-0.25, -0.2) is 4.79 Å². The molecule has 0 fully saturated rings. The largest absolute Gasteiger partial charge is 0.459 e. The number of aromatic nitrogens is 2. The Kier molecular flexibility index (Phi) is 2.53. The Balaban J connectivity index is 2.57. The van der Waals surface area contributed by atoms with E-state index in [0.717, 1.165) is 11.5 Å². The lowest BCUT2D eigenvalue weighted by Gasteiger charge is -2.04. The van der Waals surface area contributed by atoms with Crippen molar-refractivity contribution in [3.05, 3.63) is 11.1 Å². The Bertz CT molecular complexity index is 233. The molecule has 4 nitrogen and oxygen atoms in total. The number of hydrogen-bond acceptors (Lipinski definition) is 5. The van der Waals surface area contributed by atoms with Gasteiger partial charge in [0.25, 0.3) is 0 Å². The fourth-order valence-electron chi connectivity index (χ4n) is 0.529. The summed E-state index contributed by atoms with van der Waals surface area (Å²) in [6.45, 7) is 3.60. The molecule has 1 rings (SSSR count). The summed E-state index contributed by atoms with van der Waals surface area (Å²) in [4.78, 5) is 11.5. The molecule has 0 aliphatic rings.